The topological polar surface area (TPSA) is 0 Å². The highest BCUT2D eigenvalue weighted by molar-refractivity contribution is 4.57. The highest BCUT2D eigenvalue weighted by Crippen LogP contribution is 2.20. The second kappa shape index (κ2) is 43.0. The summed E-state index contributed by atoms with van der Waals surface area (Å²) in [6.07, 6.45) is 62.2. The van der Waals surface area contributed by atoms with Gasteiger partial charge in [-0.15, -0.1) is 0 Å². The Morgan fingerprint density at radius 1 is 0.196 bits per heavy atom. The molecule has 1 unspecified atom stereocenters. The van der Waals surface area contributed by atoms with Gasteiger partial charge in [0.15, 0.2) is 0 Å². The molecule has 0 N–H and O–H groups in total. The smallest absolute Gasteiger partial charge is 0.0443 e. The van der Waals surface area contributed by atoms with Crippen LogP contribution >= 0.6 is 0 Å². The van der Waals surface area contributed by atoms with Crippen LogP contribution in [0.25, 0.3) is 0 Å². The first kappa shape index (κ1) is 46.0. The SMILES string of the molecule is CCCCCCCCCCCCCCCCCCCCCCCCCCCCCCCCC(C)CCCCCCCCCCCC. The maximum Gasteiger partial charge on any atom is -0.0443 e. The minimum atomic E-state index is 0.966. The van der Waals surface area contributed by atoms with Gasteiger partial charge in [-0.1, -0.05) is 290 Å². The quantitative estimate of drug-likeness (QED) is 0.0579. The van der Waals surface area contributed by atoms with Crippen molar-refractivity contribution < 1.29 is 0 Å². The van der Waals surface area contributed by atoms with Crippen LogP contribution < -0.4 is 0 Å². The molecule has 0 aromatic carbocycles. The van der Waals surface area contributed by atoms with E-state index < -0.39 is 0 Å². The molecule has 0 heterocycles. The van der Waals surface area contributed by atoms with Gasteiger partial charge in [0.25, 0.3) is 0 Å². The van der Waals surface area contributed by atoms with Crippen LogP contribution in [0.5, 0.6) is 0 Å². The molecule has 0 saturated carbocycles. The van der Waals surface area contributed by atoms with E-state index in [4.69, 9.17) is 0 Å². The van der Waals surface area contributed by atoms with E-state index in [0.717, 1.165) is 5.92 Å². The van der Waals surface area contributed by atoms with Crippen molar-refractivity contribution in [3.8, 4) is 0 Å². The van der Waals surface area contributed by atoms with Gasteiger partial charge < -0.3 is 0 Å². The van der Waals surface area contributed by atoms with Gasteiger partial charge in [-0.3, -0.25) is 0 Å². The number of rotatable bonds is 42. The van der Waals surface area contributed by atoms with Crippen molar-refractivity contribution in [2.24, 2.45) is 5.92 Å². The molecule has 0 bridgehead atoms. The summed E-state index contributed by atoms with van der Waals surface area (Å²) in [7, 11) is 0. The van der Waals surface area contributed by atoms with E-state index in [1.807, 2.05) is 0 Å². The van der Waals surface area contributed by atoms with E-state index in [9.17, 15) is 0 Å². The number of hydrogen-bond donors (Lipinski definition) is 0. The highest BCUT2D eigenvalue weighted by Gasteiger charge is 2.03. The van der Waals surface area contributed by atoms with Crippen LogP contribution in [-0.4, -0.2) is 0 Å². The fraction of sp³-hybridized carbons (Fsp3) is 1.00. The molecular weight excluding hydrogens is 553 g/mol. The summed E-state index contributed by atoms with van der Waals surface area (Å²) in [5, 5.41) is 0. The molecule has 0 nitrogen and oxygen atoms in total. The van der Waals surface area contributed by atoms with Crippen LogP contribution in [0.3, 0.4) is 0 Å². The lowest BCUT2D eigenvalue weighted by molar-refractivity contribution is 0.429. The van der Waals surface area contributed by atoms with Crippen molar-refractivity contribution in [3.63, 3.8) is 0 Å². The monoisotopic (exact) mass is 647 g/mol. The minimum Gasteiger partial charge on any atom is -0.0654 e. The van der Waals surface area contributed by atoms with Crippen LogP contribution in [0.2, 0.25) is 0 Å². The zero-order valence-corrected chi connectivity index (χ0v) is 33.3. The summed E-state index contributed by atoms with van der Waals surface area (Å²) in [4.78, 5) is 0. The molecule has 0 saturated heterocycles. The van der Waals surface area contributed by atoms with Gasteiger partial charge in [0.2, 0.25) is 0 Å². The van der Waals surface area contributed by atoms with Gasteiger partial charge in [-0.2, -0.15) is 0 Å². The van der Waals surface area contributed by atoms with Crippen molar-refractivity contribution in [2.45, 2.75) is 290 Å². The molecule has 0 aromatic heterocycles. The predicted octanol–water partition coefficient (Wildman–Crippen LogP) is 18.0. The van der Waals surface area contributed by atoms with Crippen molar-refractivity contribution in [2.75, 3.05) is 0 Å². The van der Waals surface area contributed by atoms with Gasteiger partial charge in [-0.25, -0.2) is 0 Å². The Labute approximate surface area is 295 Å². The van der Waals surface area contributed by atoms with Crippen molar-refractivity contribution in [1.29, 1.82) is 0 Å². The average molecular weight is 647 g/mol. The third-order valence-electron chi connectivity index (χ3n) is 11.1. The first-order valence-corrected chi connectivity index (χ1v) is 22.8. The fourth-order valence-corrected chi connectivity index (χ4v) is 7.64. The molecule has 1 atom stereocenters. The van der Waals surface area contributed by atoms with Gasteiger partial charge in [0.05, 0.1) is 0 Å². The molecular formula is C46H94. The molecule has 0 aromatic rings. The standard InChI is InChI=1S/C46H94/c1-4-6-8-10-12-14-16-17-18-19-20-21-22-23-24-25-26-27-28-29-30-31-32-33-34-35-37-39-41-43-45-46(3)44-42-40-38-36-15-13-11-9-7-5-2/h46H,4-45H2,1-3H3. The van der Waals surface area contributed by atoms with Gasteiger partial charge in [0, 0.05) is 0 Å². The molecule has 0 fully saturated rings. The molecule has 0 rings (SSSR count). The van der Waals surface area contributed by atoms with E-state index in [-0.39, 0.29) is 0 Å². The molecule has 278 valence electrons. The number of unbranched alkanes of at least 4 members (excludes halogenated alkanes) is 38. The van der Waals surface area contributed by atoms with Crippen LogP contribution in [0, 0.1) is 5.92 Å². The van der Waals surface area contributed by atoms with Crippen molar-refractivity contribution in [1.82, 2.24) is 0 Å². The lowest BCUT2D eigenvalue weighted by Gasteiger charge is -2.11. The highest BCUT2D eigenvalue weighted by atomic mass is 14.1. The van der Waals surface area contributed by atoms with Gasteiger partial charge in [0.1, 0.15) is 0 Å². The van der Waals surface area contributed by atoms with Gasteiger partial charge in [-0.05, 0) is 5.92 Å². The Kier molecular flexibility index (Phi) is 43.0. The average Bonchev–Trinajstić information content (AvgIpc) is 3.06. The Bertz CT molecular complexity index is 494. The summed E-state index contributed by atoms with van der Waals surface area (Å²) >= 11 is 0. The second-order valence-corrected chi connectivity index (χ2v) is 16.1. The molecule has 0 radical (unpaired) electrons. The fourth-order valence-electron chi connectivity index (χ4n) is 7.64. The van der Waals surface area contributed by atoms with E-state index in [1.165, 1.54) is 270 Å². The molecule has 0 spiro atoms. The zero-order chi connectivity index (χ0) is 33.3. The molecule has 0 aliphatic rings. The summed E-state index contributed by atoms with van der Waals surface area (Å²) in [6, 6.07) is 0. The van der Waals surface area contributed by atoms with E-state index in [1.54, 1.807) is 0 Å². The maximum absolute atomic E-state index is 2.51. The molecule has 46 heavy (non-hydrogen) atoms. The lowest BCUT2D eigenvalue weighted by Crippen LogP contribution is -1.95. The zero-order valence-electron chi connectivity index (χ0n) is 33.3. The largest absolute Gasteiger partial charge is 0.0654 e. The first-order chi connectivity index (χ1) is 22.8. The van der Waals surface area contributed by atoms with Gasteiger partial charge >= 0.3 is 0 Å². The Hall–Kier alpha value is 0. The molecule has 0 heteroatoms. The van der Waals surface area contributed by atoms with E-state index >= 15 is 0 Å². The minimum absolute atomic E-state index is 0.966. The summed E-state index contributed by atoms with van der Waals surface area (Å²) in [5.41, 5.74) is 0. The van der Waals surface area contributed by atoms with Crippen LogP contribution in [0.1, 0.15) is 290 Å². The molecule has 0 aliphatic carbocycles. The normalized spacial score (nSPS) is 12.3. The second-order valence-electron chi connectivity index (χ2n) is 16.1. The first-order valence-electron chi connectivity index (χ1n) is 22.8. The Morgan fingerprint density at radius 2 is 0.326 bits per heavy atom. The Morgan fingerprint density at radius 3 is 0.478 bits per heavy atom. The van der Waals surface area contributed by atoms with E-state index in [2.05, 4.69) is 20.8 Å². The maximum atomic E-state index is 2.51. The third kappa shape index (κ3) is 42.0. The summed E-state index contributed by atoms with van der Waals surface area (Å²) in [6.45, 7) is 7.13. The van der Waals surface area contributed by atoms with Crippen molar-refractivity contribution in [3.05, 3.63) is 0 Å². The molecule has 0 aliphatic heterocycles. The third-order valence-corrected chi connectivity index (χ3v) is 11.1. The predicted molar refractivity (Wildman–Crippen MR) is 214 cm³/mol. The molecule has 0 amide bonds. The van der Waals surface area contributed by atoms with Crippen LogP contribution in [0.15, 0.2) is 0 Å². The van der Waals surface area contributed by atoms with E-state index in [0.29, 0.717) is 0 Å². The summed E-state index contributed by atoms with van der Waals surface area (Å²) < 4.78 is 0. The number of hydrogen-bond acceptors (Lipinski definition) is 0. The van der Waals surface area contributed by atoms with Crippen LogP contribution in [0.4, 0.5) is 0 Å². The van der Waals surface area contributed by atoms with Crippen molar-refractivity contribution >= 4 is 0 Å². The summed E-state index contributed by atoms with van der Waals surface area (Å²) in [5.74, 6) is 0.966. The van der Waals surface area contributed by atoms with Crippen LogP contribution in [-0.2, 0) is 0 Å². The lowest BCUT2D eigenvalue weighted by atomic mass is 9.95. The Balaban J connectivity index is 3.11.